The first kappa shape index (κ1) is 5.69. The van der Waals surface area contributed by atoms with E-state index in [4.69, 9.17) is 28.1 Å². The molecule has 1 aromatic carbocycles. The van der Waals surface area contributed by atoms with E-state index in [2.05, 4.69) is 0 Å². The maximum atomic E-state index is 8.62. The van der Waals surface area contributed by atoms with Crippen molar-refractivity contribution in [3.63, 3.8) is 0 Å². The number of likely N-dealkylation sites (N-methyl/N-ethyl adjacent to an activating group) is 1. The van der Waals surface area contributed by atoms with Crippen LogP contribution >= 0.6 is 11.6 Å². The summed E-state index contributed by atoms with van der Waals surface area (Å²) in [5, 5.41) is 0.256. The lowest BCUT2D eigenvalue weighted by molar-refractivity contribution is 0.0808. The Bertz CT molecular complexity index is 765. The molecule has 1 fully saturated rings. The van der Waals surface area contributed by atoms with Crippen LogP contribution in [0.1, 0.15) is 61.4 Å². The Kier molecular flexibility index (Phi) is 1.75. The topological polar surface area (TPSA) is 3.24 Å². The predicted molar refractivity (Wildman–Crippen MR) is 83.9 cm³/mol. The monoisotopic (exact) mass is 291 g/mol. The van der Waals surface area contributed by atoms with Crippen molar-refractivity contribution in [2.75, 3.05) is 14.0 Å². The van der Waals surface area contributed by atoms with E-state index in [1.54, 1.807) is 13.8 Å². The number of halogens is 1. The van der Waals surface area contributed by atoms with E-state index >= 15 is 0 Å². The molecule has 2 rings (SSSR count). The molecule has 0 saturated heterocycles. The van der Waals surface area contributed by atoms with Crippen LogP contribution in [0, 0.1) is 5.92 Å². The fraction of sp³-hybridized carbons (Fsp3) is 0.647. The smallest absolute Gasteiger partial charge is 0.0406 e. The molecule has 1 nitrogen and oxygen atoms in total. The minimum Gasteiger partial charge on any atom is -0.306 e. The summed E-state index contributed by atoms with van der Waals surface area (Å²) in [4.78, 5) is 0.194. The molecule has 19 heavy (non-hydrogen) atoms. The molecule has 106 valence electrons. The van der Waals surface area contributed by atoms with E-state index in [-0.39, 0.29) is 27.8 Å². The van der Waals surface area contributed by atoms with Crippen LogP contribution in [-0.2, 0) is 5.41 Å². The van der Waals surface area contributed by atoms with E-state index in [1.165, 1.54) is 24.3 Å². The van der Waals surface area contributed by atoms with Gasteiger partial charge in [0.15, 0.2) is 0 Å². The van der Waals surface area contributed by atoms with E-state index in [0.29, 0.717) is 0 Å². The first-order valence-electron chi connectivity index (χ1n) is 12.2. The second kappa shape index (κ2) is 5.85. The molecule has 1 unspecified atom stereocenters. The largest absolute Gasteiger partial charge is 0.306 e. The van der Waals surface area contributed by atoms with Gasteiger partial charge < -0.3 is 4.90 Å². The Morgan fingerprint density at radius 2 is 1.95 bits per heavy atom. The van der Waals surface area contributed by atoms with E-state index in [0.717, 1.165) is 0 Å². The first-order chi connectivity index (χ1) is 13.7. The van der Waals surface area contributed by atoms with Gasteiger partial charge in [0.25, 0.3) is 0 Å². The normalized spacial score (nSPS) is 38.2. The van der Waals surface area contributed by atoms with Crippen molar-refractivity contribution in [2.45, 2.75) is 50.8 Å². The highest BCUT2D eigenvalue weighted by molar-refractivity contribution is 6.30. The zero-order valence-corrected chi connectivity index (χ0v) is 11.8. The van der Waals surface area contributed by atoms with Gasteiger partial charge in [-0.2, -0.15) is 0 Å². The average Bonchev–Trinajstić information content (AvgIpc) is 2.52. The summed E-state index contributed by atoms with van der Waals surface area (Å²) in [5.74, 6) is -0.348. The van der Waals surface area contributed by atoms with Crippen molar-refractivity contribution in [2.24, 2.45) is 5.92 Å². The molecule has 0 amide bonds. The van der Waals surface area contributed by atoms with Crippen molar-refractivity contribution in [3.8, 4) is 0 Å². The second-order valence-corrected chi connectivity index (χ2v) is 5.64. The van der Waals surface area contributed by atoms with Crippen molar-refractivity contribution in [1.29, 1.82) is 0 Å². The van der Waals surface area contributed by atoms with Crippen LogP contribution in [-0.4, -0.2) is 24.9 Å². The van der Waals surface area contributed by atoms with Gasteiger partial charge in [-0.3, -0.25) is 0 Å². The summed E-state index contributed by atoms with van der Waals surface area (Å²) < 4.78 is 98.1. The Morgan fingerprint density at radius 3 is 2.47 bits per heavy atom. The van der Waals surface area contributed by atoms with E-state index < -0.39 is 44.5 Å². The number of hydrogen-bond donors (Lipinski definition) is 0. The highest BCUT2D eigenvalue weighted by Gasteiger charge is 2.46. The molecule has 0 radical (unpaired) electrons. The summed E-state index contributed by atoms with van der Waals surface area (Å²) in [7, 11) is 0. The molecule has 0 spiro atoms. The number of hydrogen-bond acceptors (Lipinski definition) is 1. The molecule has 0 aliphatic heterocycles. The molecule has 0 heterocycles. The molecule has 2 heteroatoms. The molecule has 0 bridgehead atoms. The average molecular weight is 292 g/mol. The number of benzene rings is 1. The van der Waals surface area contributed by atoms with Crippen LogP contribution in [0.15, 0.2) is 24.3 Å². The van der Waals surface area contributed by atoms with Gasteiger partial charge in [-0.25, -0.2) is 0 Å². The Morgan fingerprint density at radius 1 is 1.32 bits per heavy atom. The highest BCUT2D eigenvalue weighted by atomic mass is 35.5. The lowest BCUT2D eigenvalue weighted by atomic mass is 9.58. The van der Waals surface area contributed by atoms with Crippen LogP contribution in [0.4, 0.5) is 0 Å². The zero-order chi connectivity index (χ0) is 24.4. The van der Waals surface area contributed by atoms with Gasteiger partial charge in [-0.15, -0.1) is 0 Å². The maximum Gasteiger partial charge on any atom is 0.0406 e. The fourth-order valence-corrected chi connectivity index (χ4v) is 2.46. The van der Waals surface area contributed by atoms with Crippen LogP contribution in [0.25, 0.3) is 0 Å². The van der Waals surface area contributed by atoms with Gasteiger partial charge in [0, 0.05) is 32.9 Å². The Labute approximate surface area is 139 Å². The Hall–Kier alpha value is -0.530. The van der Waals surface area contributed by atoms with Crippen LogP contribution in [0.5, 0.6) is 0 Å². The van der Waals surface area contributed by atoms with Crippen molar-refractivity contribution in [3.05, 3.63) is 34.9 Å². The zero-order valence-electron chi connectivity index (χ0n) is 23.0. The summed E-state index contributed by atoms with van der Waals surface area (Å²) in [6.45, 7) is -3.09. The van der Waals surface area contributed by atoms with Crippen LogP contribution < -0.4 is 0 Å². The predicted octanol–water partition coefficient (Wildman–Crippen LogP) is 4.74. The minimum atomic E-state index is -3.22. The minimum absolute atomic E-state index is 0.0498. The molecular weight excluding hydrogens is 254 g/mol. The first-order valence-corrected chi connectivity index (χ1v) is 6.60. The molecular formula is C17H26ClN. The van der Waals surface area contributed by atoms with Crippen molar-refractivity contribution < 1.29 is 16.4 Å². The lowest BCUT2D eigenvalue weighted by Crippen LogP contribution is -2.52. The molecule has 0 aromatic heterocycles. The fourth-order valence-electron chi connectivity index (χ4n) is 2.34. The molecule has 1 aromatic rings. The number of rotatable bonds is 5. The third-order valence-corrected chi connectivity index (χ3v) is 3.58. The van der Waals surface area contributed by atoms with Crippen LogP contribution in [0.3, 0.4) is 0 Å². The van der Waals surface area contributed by atoms with E-state index in [9.17, 15) is 0 Å². The third kappa shape index (κ3) is 2.98. The molecule has 0 N–H and O–H groups in total. The van der Waals surface area contributed by atoms with Crippen LogP contribution in [0.2, 0.25) is 5.02 Å². The lowest BCUT2D eigenvalue weighted by Gasteiger charge is -2.51. The van der Waals surface area contributed by atoms with Crippen molar-refractivity contribution >= 4 is 11.6 Å². The molecule has 1 aliphatic carbocycles. The van der Waals surface area contributed by atoms with Gasteiger partial charge in [-0.05, 0) is 56.7 Å². The summed E-state index contributed by atoms with van der Waals surface area (Å²) in [5.41, 5.74) is -2.49. The molecule has 1 saturated carbocycles. The van der Waals surface area contributed by atoms with Gasteiger partial charge in [0.1, 0.15) is 0 Å². The van der Waals surface area contributed by atoms with E-state index in [1.807, 2.05) is 0 Å². The summed E-state index contributed by atoms with van der Waals surface area (Å²) in [6.07, 6.45) is -9.09. The second-order valence-electron chi connectivity index (χ2n) is 5.21. The summed E-state index contributed by atoms with van der Waals surface area (Å²) >= 11 is 5.94. The number of nitrogens with zero attached hydrogens (tertiary/aromatic N) is 1. The van der Waals surface area contributed by atoms with Gasteiger partial charge in [0.2, 0.25) is 0 Å². The Balaban J connectivity index is 2.99. The maximum absolute atomic E-state index is 8.62. The molecule has 1 aliphatic rings. The van der Waals surface area contributed by atoms with Crippen molar-refractivity contribution in [1.82, 2.24) is 4.90 Å². The third-order valence-electron chi connectivity index (χ3n) is 3.33. The summed E-state index contributed by atoms with van der Waals surface area (Å²) in [6, 6.07) is 3.61. The highest BCUT2D eigenvalue weighted by Crippen LogP contribution is 2.49. The van der Waals surface area contributed by atoms with Gasteiger partial charge >= 0.3 is 0 Å². The standard InChI is InChI=1S/C17H26ClN/c1-13(2)12-16(19(3)4)17(10-5-11-17)14-6-8-15(18)9-7-14/h6-9,13,16H,5,10-12H2,1-4H3/i3D3,4D3,5D2,10D2,11D2. The molecule has 1 atom stereocenters. The quantitative estimate of drug-likeness (QED) is 0.757. The van der Waals surface area contributed by atoms with Gasteiger partial charge in [-0.1, -0.05) is 44.0 Å². The van der Waals surface area contributed by atoms with Gasteiger partial charge in [0.05, 0.1) is 0 Å². The SMILES string of the molecule is [2H]C([2H])([2H])N(C(CC(C)C)C1(c2ccc(Cl)cc2)C([2H])([2H])C([2H])([2H])C1([2H])[2H])C([2H])([2H])[2H].